The van der Waals surface area contributed by atoms with Crippen molar-refractivity contribution in [3.63, 3.8) is 0 Å². The SMILES string of the molecule is CCn1c(SCC(=O)Nc2ccccc2C(=O)Nc2ccccc2)nnc1-c1ccccc1OC. The van der Waals surface area contributed by atoms with Gasteiger partial charge in [0.1, 0.15) is 5.75 Å². The van der Waals surface area contributed by atoms with Crippen LogP contribution in [0.5, 0.6) is 5.75 Å². The third-order valence-corrected chi connectivity index (χ3v) is 6.16. The number of carbonyl (C=O) groups excluding carboxylic acids is 2. The Morgan fingerprint density at radius 3 is 2.40 bits per heavy atom. The van der Waals surface area contributed by atoms with E-state index in [9.17, 15) is 9.59 Å². The van der Waals surface area contributed by atoms with Crippen molar-refractivity contribution in [1.29, 1.82) is 0 Å². The third kappa shape index (κ3) is 5.70. The predicted molar refractivity (Wildman–Crippen MR) is 138 cm³/mol. The zero-order valence-corrected chi connectivity index (χ0v) is 20.2. The Labute approximate surface area is 207 Å². The molecule has 2 amide bonds. The molecule has 0 radical (unpaired) electrons. The van der Waals surface area contributed by atoms with Gasteiger partial charge in [0.2, 0.25) is 5.91 Å². The van der Waals surface area contributed by atoms with Crippen molar-refractivity contribution in [3.8, 4) is 17.1 Å². The summed E-state index contributed by atoms with van der Waals surface area (Å²) in [4.78, 5) is 25.5. The van der Waals surface area contributed by atoms with Gasteiger partial charge in [-0.3, -0.25) is 9.59 Å². The number of amides is 2. The number of hydrogen-bond donors (Lipinski definition) is 2. The molecule has 9 heteroatoms. The molecule has 35 heavy (non-hydrogen) atoms. The van der Waals surface area contributed by atoms with Crippen molar-refractivity contribution in [1.82, 2.24) is 14.8 Å². The number of carbonyl (C=O) groups is 2. The Balaban J connectivity index is 1.44. The molecule has 0 aliphatic heterocycles. The fraction of sp³-hybridized carbons (Fsp3) is 0.154. The normalized spacial score (nSPS) is 10.6. The number of hydrogen-bond acceptors (Lipinski definition) is 6. The quantitative estimate of drug-likeness (QED) is 0.324. The lowest BCUT2D eigenvalue weighted by atomic mass is 10.1. The van der Waals surface area contributed by atoms with E-state index >= 15 is 0 Å². The zero-order valence-electron chi connectivity index (χ0n) is 19.4. The van der Waals surface area contributed by atoms with E-state index in [0.29, 0.717) is 40.2 Å². The molecule has 1 heterocycles. The van der Waals surface area contributed by atoms with Crippen LogP contribution in [-0.4, -0.2) is 39.4 Å². The molecule has 0 spiro atoms. The van der Waals surface area contributed by atoms with Crippen LogP contribution in [-0.2, 0) is 11.3 Å². The highest BCUT2D eigenvalue weighted by Crippen LogP contribution is 2.31. The maximum atomic E-state index is 12.8. The molecule has 4 rings (SSSR count). The Bertz CT molecular complexity index is 1320. The second-order valence-electron chi connectivity index (χ2n) is 7.45. The van der Waals surface area contributed by atoms with E-state index in [1.54, 1.807) is 43.5 Å². The number of aromatic nitrogens is 3. The molecule has 0 saturated heterocycles. The van der Waals surface area contributed by atoms with Crippen LogP contribution in [0, 0.1) is 0 Å². The topological polar surface area (TPSA) is 98.1 Å². The molecule has 3 aromatic carbocycles. The number of nitrogens with zero attached hydrogens (tertiary/aromatic N) is 3. The largest absolute Gasteiger partial charge is 0.496 e. The van der Waals surface area contributed by atoms with Crippen LogP contribution < -0.4 is 15.4 Å². The summed E-state index contributed by atoms with van der Waals surface area (Å²) in [5, 5.41) is 14.9. The first-order valence-corrected chi connectivity index (χ1v) is 12.0. The summed E-state index contributed by atoms with van der Waals surface area (Å²) in [7, 11) is 1.61. The maximum absolute atomic E-state index is 12.8. The molecule has 0 aliphatic rings. The maximum Gasteiger partial charge on any atom is 0.257 e. The summed E-state index contributed by atoms with van der Waals surface area (Å²) in [6.45, 7) is 2.63. The van der Waals surface area contributed by atoms with Crippen LogP contribution >= 0.6 is 11.8 Å². The second-order valence-corrected chi connectivity index (χ2v) is 8.40. The van der Waals surface area contributed by atoms with Gasteiger partial charge in [0.25, 0.3) is 5.91 Å². The summed E-state index contributed by atoms with van der Waals surface area (Å²) >= 11 is 1.28. The van der Waals surface area contributed by atoms with Crippen molar-refractivity contribution in [3.05, 3.63) is 84.4 Å². The Morgan fingerprint density at radius 1 is 0.914 bits per heavy atom. The van der Waals surface area contributed by atoms with Gasteiger partial charge >= 0.3 is 0 Å². The average Bonchev–Trinajstić information content (AvgIpc) is 3.31. The molecule has 0 saturated carbocycles. The number of ether oxygens (including phenoxy) is 1. The van der Waals surface area contributed by atoms with Crippen molar-refractivity contribution in [2.75, 3.05) is 23.5 Å². The van der Waals surface area contributed by atoms with Gasteiger partial charge in [-0.05, 0) is 43.3 Å². The number of anilines is 2. The molecular formula is C26H25N5O3S. The molecule has 2 N–H and O–H groups in total. The first-order valence-electron chi connectivity index (χ1n) is 11.1. The van der Waals surface area contributed by atoms with E-state index in [-0.39, 0.29) is 17.6 Å². The van der Waals surface area contributed by atoms with Crippen molar-refractivity contribution < 1.29 is 14.3 Å². The lowest BCUT2D eigenvalue weighted by Gasteiger charge is -2.12. The van der Waals surface area contributed by atoms with Gasteiger partial charge in [0.15, 0.2) is 11.0 Å². The number of para-hydroxylation sites is 3. The molecule has 0 bridgehead atoms. The lowest BCUT2D eigenvalue weighted by molar-refractivity contribution is -0.113. The van der Waals surface area contributed by atoms with E-state index in [2.05, 4.69) is 20.8 Å². The van der Waals surface area contributed by atoms with E-state index < -0.39 is 0 Å². The molecule has 1 aromatic heterocycles. The Morgan fingerprint density at radius 2 is 1.63 bits per heavy atom. The van der Waals surface area contributed by atoms with Gasteiger partial charge in [-0.2, -0.15) is 0 Å². The van der Waals surface area contributed by atoms with Crippen LogP contribution in [0.15, 0.2) is 84.0 Å². The van der Waals surface area contributed by atoms with Gasteiger partial charge in [-0.1, -0.05) is 54.2 Å². The fourth-order valence-corrected chi connectivity index (χ4v) is 4.34. The van der Waals surface area contributed by atoms with Crippen LogP contribution in [0.25, 0.3) is 11.4 Å². The smallest absolute Gasteiger partial charge is 0.257 e. The minimum absolute atomic E-state index is 0.110. The molecule has 0 unspecified atom stereocenters. The molecule has 8 nitrogen and oxygen atoms in total. The van der Waals surface area contributed by atoms with E-state index in [0.717, 1.165) is 5.56 Å². The van der Waals surface area contributed by atoms with E-state index in [1.165, 1.54) is 11.8 Å². The van der Waals surface area contributed by atoms with Crippen LogP contribution in [0.2, 0.25) is 0 Å². The van der Waals surface area contributed by atoms with Gasteiger partial charge in [0, 0.05) is 12.2 Å². The Hall–Kier alpha value is -4.11. The monoisotopic (exact) mass is 487 g/mol. The highest BCUT2D eigenvalue weighted by molar-refractivity contribution is 7.99. The number of rotatable bonds is 9. The first-order chi connectivity index (χ1) is 17.1. The number of thioether (sulfide) groups is 1. The van der Waals surface area contributed by atoms with E-state index in [1.807, 2.05) is 54.0 Å². The van der Waals surface area contributed by atoms with Crippen LogP contribution in [0.4, 0.5) is 11.4 Å². The van der Waals surface area contributed by atoms with Crippen molar-refractivity contribution >= 4 is 35.0 Å². The summed E-state index contributed by atoms with van der Waals surface area (Å²) in [5.41, 5.74) is 2.33. The minimum Gasteiger partial charge on any atom is -0.496 e. The van der Waals surface area contributed by atoms with Gasteiger partial charge in [0.05, 0.1) is 29.7 Å². The first kappa shape index (κ1) is 24.0. The van der Waals surface area contributed by atoms with E-state index in [4.69, 9.17) is 4.74 Å². The molecule has 0 fully saturated rings. The summed E-state index contributed by atoms with van der Waals surface area (Å²) in [5.74, 6) is 0.940. The third-order valence-electron chi connectivity index (χ3n) is 5.19. The van der Waals surface area contributed by atoms with Gasteiger partial charge in [-0.25, -0.2) is 0 Å². The molecular weight excluding hydrogens is 462 g/mol. The highest BCUT2D eigenvalue weighted by Gasteiger charge is 2.18. The average molecular weight is 488 g/mol. The molecule has 0 atom stereocenters. The van der Waals surface area contributed by atoms with Crippen LogP contribution in [0.3, 0.4) is 0 Å². The second kappa shape index (κ2) is 11.3. The van der Waals surface area contributed by atoms with Gasteiger partial charge in [-0.15, -0.1) is 10.2 Å². The fourth-order valence-electron chi connectivity index (χ4n) is 3.54. The minimum atomic E-state index is -0.299. The van der Waals surface area contributed by atoms with Crippen molar-refractivity contribution in [2.45, 2.75) is 18.6 Å². The summed E-state index contributed by atoms with van der Waals surface area (Å²) in [6, 6.07) is 23.7. The molecule has 178 valence electrons. The number of methoxy groups -OCH3 is 1. The van der Waals surface area contributed by atoms with Gasteiger partial charge < -0.3 is 19.9 Å². The number of benzene rings is 3. The standard InChI is InChI=1S/C26H25N5O3S/c1-3-31-24(20-14-8-10-16-22(20)34-2)29-30-26(31)35-17-23(32)28-21-15-9-7-13-19(21)25(33)27-18-11-5-4-6-12-18/h4-16H,3,17H2,1-2H3,(H,27,33)(H,28,32). The zero-order chi connectivity index (χ0) is 24.6. The lowest BCUT2D eigenvalue weighted by Crippen LogP contribution is -2.19. The van der Waals surface area contributed by atoms with Crippen LogP contribution in [0.1, 0.15) is 17.3 Å². The van der Waals surface area contributed by atoms with Crippen molar-refractivity contribution in [2.24, 2.45) is 0 Å². The predicted octanol–water partition coefficient (Wildman–Crippen LogP) is 4.96. The molecule has 4 aromatic rings. The number of nitrogens with one attached hydrogen (secondary N) is 2. The molecule has 0 aliphatic carbocycles. The summed E-state index contributed by atoms with van der Waals surface area (Å²) < 4.78 is 7.40. The highest BCUT2D eigenvalue weighted by atomic mass is 32.2. The Kier molecular flexibility index (Phi) is 7.79. The summed E-state index contributed by atoms with van der Waals surface area (Å²) in [6.07, 6.45) is 0.